The molecule has 0 saturated carbocycles. The van der Waals surface area contributed by atoms with Crippen LogP contribution in [0.15, 0.2) is 66.1 Å². The van der Waals surface area contributed by atoms with Gasteiger partial charge in [0.1, 0.15) is 0 Å². The molecule has 0 bridgehead atoms. The number of aromatic nitrogens is 2. The summed E-state index contributed by atoms with van der Waals surface area (Å²) in [7, 11) is 0. The Labute approximate surface area is 140 Å². The van der Waals surface area contributed by atoms with Gasteiger partial charge in [-0.05, 0) is 25.5 Å². The predicted molar refractivity (Wildman–Crippen MR) is 94.5 cm³/mol. The summed E-state index contributed by atoms with van der Waals surface area (Å²) in [6.07, 6.45) is 3.71. The highest BCUT2D eigenvalue weighted by Gasteiger charge is 2.11. The summed E-state index contributed by atoms with van der Waals surface area (Å²) in [6.45, 7) is 4.17. The van der Waals surface area contributed by atoms with E-state index in [9.17, 15) is 4.79 Å². The van der Waals surface area contributed by atoms with Crippen molar-refractivity contribution in [3.05, 3.63) is 77.6 Å². The van der Waals surface area contributed by atoms with Crippen molar-refractivity contribution in [2.75, 3.05) is 5.75 Å². The molecule has 0 amide bonds. The lowest BCUT2D eigenvalue weighted by Gasteiger charge is -2.11. The van der Waals surface area contributed by atoms with Gasteiger partial charge in [-0.25, -0.2) is 4.98 Å². The van der Waals surface area contributed by atoms with E-state index >= 15 is 0 Å². The van der Waals surface area contributed by atoms with Crippen LogP contribution in [0.5, 0.6) is 0 Å². The van der Waals surface area contributed by atoms with Crippen molar-refractivity contribution in [1.82, 2.24) is 9.55 Å². The maximum Gasteiger partial charge on any atom is 0.173 e. The molecule has 0 aliphatic heterocycles. The first-order valence-corrected chi connectivity index (χ1v) is 8.46. The van der Waals surface area contributed by atoms with Crippen molar-refractivity contribution in [3.63, 3.8) is 0 Å². The van der Waals surface area contributed by atoms with Gasteiger partial charge in [0.15, 0.2) is 10.9 Å². The molecule has 1 aromatic heterocycles. The zero-order valence-corrected chi connectivity index (χ0v) is 14.0. The molecule has 3 rings (SSSR count). The van der Waals surface area contributed by atoms with Gasteiger partial charge in [0, 0.05) is 18.0 Å². The Bertz CT molecular complexity index is 824. The molecule has 0 saturated heterocycles. The molecule has 1 heterocycles. The molecule has 0 aliphatic rings. The highest BCUT2D eigenvalue weighted by molar-refractivity contribution is 7.99. The van der Waals surface area contributed by atoms with Gasteiger partial charge in [-0.1, -0.05) is 59.8 Å². The first-order chi connectivity index (χ1) is 11.1. The van der Waals surface area contributed by atoms with Crippen molar-refractivity contribution in [1.29, 1.82) is 0 Å². The number of imidazole rings is 1. The van der Waals surface area contributed by atoms with E-state index in [1.807, 2.05) is 41.1 Å². The molecule has 2 aromatic carbocycles. The first-order valence-electron chi connectivity index (χ1n) is 7.47. The summed E-state index contributed by atoms with van der Waals surface area (Å²) in [5.41, 5.74) is 4.27. The molecule has 4 heteroatoms. The van der Waals surface area contributed by atoms with E-state index < -0.39 is 0 Å². The third-order valence-corrected chi connectivity index (χ3v) is 4.61. The van der Waals surface area contributed by atoms with Crippen LogP contribution in [-0.2, 0) is 0 Å². The molecule has 3 nitrogen and oxygen atoms in total. The number of rotatable bonds is 5. The number of Topliss-reactive ketones (excluding diaryl/α,β-unsaturated/α-hetero) is 1. The molecule has 0 radical (unpaired) electrons. The third kappa shape index (κ3) is 3.54. The normalized spacial score (nSPS) is 10.7. The van der Waals surface area contributed by atoms with E-state index in [0.717, 1.165) is 16.4 Å². The zero-order valence-electron chi connectivity index (χ0n) is 13.2. The zero-order chi connectivity index (χ0) is 16.2. The van der Waals surface area contributed by atoms with Gasteiger partial charge in [-0.2, -0.15) is 0 Å². The smallest absolute Gasteiger partial charge is 0.173 e. The molecule has 116 valence electrons. The van der Waals surface area contributed by atoms with E-state index in [-0.39, 0.29) is 5.78 Å². The Balaban J connectivity index is 1.78. The lowest BCUT2D eigenvalue weighted by atomic mass is 10.1. The number of carbonyl (C=O) groups excluding carboxylic acids is 1. The fourth-order valence-corrected chi connectivity index (χ4v) is 3.35. The van der Waals surface area contributed by atoms with Crippen LogP contribution >= 0.6 is 11.8 Å². The van der Waals surface area contributed by atoms with Gasteiger partial charge in [0.05, 0.1) is 11.4 Å². The largest absolute Gasteiger partial charge is 0.295 e. The topological polar surface area (TPSA) is 34.9 Å². The number of hydrogen-bond acceptors (Lipinski definition) is 3. The van der Waals surface area contributed by atoms with Crippen molar-refractivity contribution in [2.45, 2.75) is 19.0 Å². The van der Waals surface area contributed by atoms with Crippen LogP contribution in [0, 0.1) is 13.8 Å². The van der Waals surface area contributed by atoms with Crippen molar-refractivity contribution in [2.24, 2.45) is 0 Å². The minimum Gasteiger partial charge on any atom is -0.295 e. The summed E-state index contributed by atoms with van der Waals surface area (Å²) in [6, 6.07) is 15.7. The standard InChI is InChI=1S/C19H18N2OS/c1-14-8-9-17(15(2)12-14)21-11-10-20-19(21)23-13-18(22)16-6-4-3-5-7-16/h3-12H,13H2,1-2H3. The Morgan fingerprint density at radius 1 is 1.13 bits per heavy atom. The van der Waals surface area contributed by atoms with Gasteiger partial charge in [-0.15, -0.1) is 0 Å². The second-order valence-electron chi connectivity index (χ2n) is 5.45. The average molecular weight is 322 g/mol. The van der Waals surface area contributed by atoms with Gasteiger partial charge < -0.3 is 0 Å². The molecular formula is C19H18N2OS. The Kier molecular flexibility index (Phi) is 4.63. The van der Waals surface area contributed by atoms with E-state index in [4.69, 9.17) is 0 Å². The Hall–Kier alpha value is -2.33. The fraction of sp³-hybridized carbons (Fsp3) is 0.158. The summed E-state index contributed by atoms with van der Waals surface area (Å²) in [5.74, 6) is 0.497. The van der Waals surface area contributed by atoms with E-state index in [1.54, 1.807) is 6.20 Å². The van der Waals surface area contributed by atoms with E-state index in [1.165, 1.54) is 22.9 Å². The molecule has 0 fully saturated rings. The molecule has 0 N–H and O–H groups in total. The van der Waals surface area contributed by atoms with Crippen molar-refractivity contribution < 1.29 is 4.79 Å². The first kappa shape index (κ1) is 15.6. The van der Waals surface area contributed by atoms with E-state index in [2.05, 4.69) is 37.0 Å². The SMILES string of the molecule is Cc1ccc(-n2ccnc2SCC(=O)c2ccccc2)c(C)c1. The molecule has 0 unspecified atom stereocenters. The quantitative estimate of drug-likeness (QED) is 0.514. The molecule has 3 aromatic rings. The number of carbonyl (C=O) groups is 1. The van der Waals surface area contributed by atoms with Crippen LogP contribution in [0.4, 0.5) is 0 Å². The van der Waals surface area contributed by atoms with Crippen LogP contribution < -0.4 is 0 Å². The van der Waals surface area contributed by atoms with Gasteiger partial charge in [0.25, 0.3) is 0 Å². The van der Waals surface area contributed by atoms with Crippen LogP contribution in [0.3, 0.4) is 0 Å². The minimum atomic E-state index is 0.116. The number of hydrogen-bond donors (Lipinski definition) is 0. The predicted octanol–water partition coefficient (Wildman–Crippen LogP) is 4.46. The van der Waals surface area contributed by atoms with Crippen LogP contribution in [0.2, 0.25) is 0 Å². The number of ketones is 1. The van der Waals surface area contributed by atoms with E-state index in [0.29, 0.717) is 5.75 Å². The van der Waals surface area contributed by atoms with Gasteiger partial charge in [0.2, 0.25) is 0 Å². The molecule has 0 aliphatic carbocycles. The third-order valence-electron chi connectivity index (χ3n) is 3.65. The molecular weight excluding hydrogens is 304 g/mol. The summed E-state index contributed by atoms with van der Waals surface area (Å²) in [5, 5.41) is 0.834. The van der Waals surface area contributed by atoms with Crippen LogP contribution in [0.1, 0.15) is 21.5 Å². The summed E-state index contributed by atoms with van der Waals surface area (Å²) < 4.78 is 2.04. The lowest BCUT2D eigenvalue weighted by Crippen LogP contribution is -2.04. The molecule has 0 atom stereocenters. The van der Waals surface area contributed by atoms with Gasteiger partial charge >= 0.3 is 0 Å². The van der Waals surface area contributed by atoms with Gasteiger partial charge in [-0.3, -0.25) is 9.36 Å². The summed E-state index contributed by atoms with van der Waals surface area (Å²) >= 11 is 1.47. The minimum absolute atomic E-state index is 0.116. The fourth-order valence-electron chi connectivity index (χ4n) is 2.49. The second-order valence-corrected chi connectivity index (χ2v) is 6.39. The van der Waals surface area contributed by atoms with Crippen LogP contribution in [0.25, 0.3) is 5.69 Å². The number of nitrogens with zero attached hydrogens (tertiary/aromatic N) is 2. The number of benzene rings is 2. The number of thioether (sulfide) groups is 1. The van der Waals surface area contributed by atoms with Crippen LogP contribution in [-0.4, -0.2) is 21.1 Å². The molecule has 0 spiro atoms. The lowest BCUT2D eigenvalue weighted by molar-refractivity contribution is 0.102. The Morgan fingerprint density at radius 2 is 1.91 bits per heavy atom. The maximum absolute atomic E-state index is 12.2. The second kappa shape index (κ2) is 6.84. The van der Waals surface area contributed by atoms with Crippen molar-refractivity contribution in [3.8, 4) is 5.69 Å². The average Bonchev–Trinajstić information content (AvgIpc) is 3.01. The van der Waals surface area contributed by atoms with Crippen molar-refractivity contribution >= 4 is 17.5 Å². The molecule has 23 heavy (non-hydrogen) atoms. The maximum atomic E-state index is 12.2. The Morgan fingerprint density at radius 3 is 2.65 bits per heavy atom. The highest BCUT2D eigenvalue weighted by Crippen LogP contribution is 2.24. The monoisotopic (exact) mass is 322 g/mol. The summed E-state index contributed by atoms with van der Waals surface area (Å²) in [4.78, 5) is 16.6. The number of aryl methyl sites for hydroxylation is 2. The highest BCUT2D eigenvalue weighted by atomic mass is 32.2.